The fraction of sp³-hybridized carbons (Fsp3) is 0.500. The lowest BCUT2D eigenvalue weighted by Crippen LogP contribution is -2.35. The van der Waals surface area contributed by atoms with Gasteiger partial charge in [-0.05, 0) is 43.5 Å². The number of benzene rings is 1. The summed E-state index contributed by atoms with van der Waals surface area (Å²) >= 11 is 0. The molecule has 0 bridgehead atoms. The highest BCUT2D eigenvalue weighted by Gasteiger charge is 2.19. The van der Waals surface area contributed by atoms with Crippen LogP contribution in [-0.4, -0.2) is 30.6 Å². The van der Waals surface area contributed by atoms with E-state index in [1.54, 1.807) is 0 Å². The molecule has 1 aromatic rings. The number of hydrogen-bond acceptors (Lipinski definition) is 3. The van der Waals surface area contributed by atoms with Gasteiger partial charge in [0.2, 0.25) is 0 Å². The Morgan fingerprint density at radius 1 is 1.35 bits per heavy atom. The van der Waals surface area contributed by atoms with Gasteiger partial charge in [-0.2, -0.15) is 0 Å². The van der Waals surface area contributed by atoms with E-state index in [0.29, 0.717) is 11.6 Å². The van der Waals surface area contributed by atoms with Crippen molar-refractivity contribution in [3.63, 3.8) is 0 Å². The SMILES string of the molecule is COC(=O)c1ccc2c(c1)CCN(C(C)C)C2. The number of carbonyl (C=O) groups is 1. The Morgan fingerprint density at radius 3 is 2.76 bits per heavy atom. The summed E-state index contributed by atoms with van der Waals surface area (Å²) in [6.45, 7) is 6.48. The molecule has 0 saturated carbocycles. The van der Waals surface area contributed by atoms with E-state index in [1.165, 1.54) is 18.2 Å². The van der Waals surface area contributed by atoms with E-state index in [-0.39, 0.29) is 5.97 Å². The average molecular weight is 233 g/mol. The molecule has 0 spiro atoms. The normalized spacial score (nSPS) is 15.8. The minimum absolute atomic E-state index is 0.251. The van der Waals surface area contributed by atoms with Crippen molar-refractivity contribution in [3.8, 4) is 0 Å². The van der Waals surface area contributed by atoms with E-state index < -0.39 is 0 Å². The van der Waals surface area contributed by atoms with Crippen molar-refractivity contribution < 1.29 is 9.53 Å². The lowest BCUT2D eigenvalue weighted by atomic mass is 9.96. The predicted octanol–water partition coefficient (Wildman–Crippen LogP) is 2.24. The first kappa shape index (κ1) is 12.1. The summed E-state index contributed by atoms with van der Waals surface area (Å²) in [5.74, 6) is -0.251. The van der Waals surface area contributed by atoms with Gasteiger partial charge in [-0.1, -0.05) is 6.07 Å². The van der Waals surface area contributed by atoms with Gasteiger partial charge < -0.3 is 4.74 Å². The summed E-state index contributed by atoms with van der Waals surface area (Å²) in [5, 5.41) is 0. The maximum absolute atomic E-state index is 11.4. The second-order valence-electron chi connectivity index (χ2n) is 4.79. The number of fused-ring (bicyclic) bond motifs is 1. The fourth-order valence-corrected chi connectivity index (χ4v) is 2.26. The number of carbonyl (C=O) groups excluding carboxylic acids is 1. The minimum atomic E-state index is -0.251. The molecule has 0 amide bonds. The maximum atomic E-state index is 11.4. The largest absolute Gasteiger partial charge is 0.465 e. The average Bonchev–Trinajstić information content (AvgIpc) is 2.36. The molecule has 0 radical (unpaired) electrons. The van der Waals surface area contributed by atoms with E-state index in [0.717, 1.165) is 19.5 Å². The van der Waals surface area contributed by atoms with E-state index in [2.05, 4.69) is 24.8 Å². The number of ether oxygens (including phenoxy) is 1. The molecule has 0 fully saturated rings. The van der Waals surface area contributed by atoms with Gasteiger partial charge in [-0.3, -0.25) is 4.90 Å². The van der Waals surface area contributed by atoms with E-state index in [1.807, 2.05) is 12.1 Å². The Morgan fingerprint density at radius 2 is 2.12 bits per heavy atom. The molecule has 92 valence electrons. The standard InChI is InChI=1S/C14H19NO2/c1-10(2)15-7-6-11-8-12(14(16)17-3)4-5-13(11)9-15/h4-5,8,10H,6-7,9H2,1-3H3. The smallest absolute Gasteiger partial charge is 0.337 e. The highest BCUT2D eigenvalue weighted by atomic mass is 16.5. The van der Waals surface area contributed by atoms with Crippen molar-refractivity contribution in [3.05, 3.63) is 34.9 Å². The number of nitrogens with zero attached hydrogens (tertiary/aromatic N) is 1. The fourth-order valence-electron chi connectivity index (χ4n) is 2.26. The van der Waals surface area contributed by atoms with Gasteiger partial charge in [-0.25, -0.2) is 4.79 Å². The van der Waals surface area contributed by atoms with E-state index in [9.17, 15) is 4.79 Å². The van der Waals surface area contributed by atoms with Crippen LogP contribution in [0.25, 0.3) is 0 Å². The van der Waals surface area contributed by atoms with Crippen LogP contribution in [0.5, 0.6) is 0 Å². The van der Waals surface area contributed by atoms with E-state index in [4.69, 9.17) is 4.74 Å². The Hall–Kier alpha value is -1.35. The summed E-state index contributed by atoms with van der Waals surface area (Å²) in [7, 11) is 1.42. The van der Waals surface area contributed by atoms with Crippen molar-refractivity contribution >= 4 is 5.97 Å². The number of methoxy groups -OCH3 is 1. The van der Waals surface area contributed by atoms with Gasteiger partial charge in [0.15, 0.2) is 0 Å². The van der Waals surface area contributed by atoms with Crippen LogP contribution in [0.15, 0.2) is 18.2 Å². The van der Waals surface area contributed by atoms with Crippen LogP contribution >= 0.6 is 0 Å². The van der Waals surface area contributed by atoms with Gasteiger partial charge in [0.05, 0.1) is 12.7 Å². The Bertz CT molecular complexity index is 426. The topological polar surface area (TPSA) is 29.5 Å². The summed E-state index contributed by atoms with van der Waals surface area (Å²) in [4.78, 5) is 13.9. The Balaban J connectivity index is 2.22. The first-order valence-electron chi connectivity index (χ1n) is 6.06. The summed E-state index contributed by atoms with van der Waals surface area (Å²) in [6, 6.07) is 6.45. The van der Waals surface area contributed by atoms with Crippen molar-refractivity contribution in [2.75, 3.05) is 13.7 Å². The number of esters is 1. The van der Waals surface area contributed by atoms with Gasteiger partial charge >= 0.3 is 5.97 Å². The van der Waals surface area contributed by atoms with Crippen molar-refractivity contribution in [2.24, 2.45) is 0 Å². The minimum Gasteiger partial charge on any atom is -0.465 e. The second-order valence-corrected chi connectivity index (χ2v) is 4.79. The number of hydrogen-bond donors (Lipinski definition) is 0. The Labute approximate surface area is 102 Å². The van der Waals surface area contributed by atoms with Crippen molar-refractivity contribution in [1.82, 2.24) is 4.90 Å². The third kappa shape index (κ3) is 2.50. The lowest BCUT2D eigenvalue weighted by molar-refractivity contribution is 0.0600. The number of rotatable bonds is 2. The first-order chi connectivity index (χ1) is 8.11. The second kappa shape index (κ2) is 4.88. The quantitative estimate of drug-likeness (QED) is 0.734. The third-order valence-corrected chi connectivity index (χ3v) is 3.40. The molecule has 0 atom stereocenters. The molecular weight excluding hydrogens is 214 g/mol. The van der Waals surface area contributed by atoms with Gasteiger partial charge in [0.25, 0.3) is 0 Å². The van der Waals surface area contributed by atoms with Gasteiger partial charge in [0, 0.05) is 19.1 Å². The molecule has 0 unspecified atom stereocenters. The van der Waals surface area contributed by atoms with Crippen LogP contribution in [-0.2, 0) is 17.7 Å². The molecule has 3 nitrogen and oxygen atoms in total. The van der Waals surface area contributed by atoms with Crippen LogP contribution in [0.2, 0.25) is 0 Å². The molecule has 3 heteroatoms. The van der Waals surface area contributed by atoms with Crippen LogP contribution in [0.4, 0.5) is 0 Å². The van der Waals surface area contributed by atoms with Crippen LogP contribution in [0, 0.1) is 0 Å². The van der Waals surface area contributed by atoms with Gasteiger partial charge in [-0.15, -0.1) is 0 Å². The molecule has 0 saturated heterocycles. The van der Waals surface area contributed by atoms with Crippen molar-refractivity contribution in [2.45, 2.75) is 32.9 Å². The summed E-state index contributed by atoms with van der Waals surface area (Å²) in [6.07, 6.45) is 1.01. The zero-order chi connectivity index (χ0) is 12.4. The highest BCUT2D eigenvalue weighted by molar-refractivity contribution is 5.89. The molecular formula is C14H19NO2. The molecule has 0 N–H and O–H groups in total. The molecule has 0 aromatic heterocycles. The van der Waals surface area contributed by atoms with Gasteiger partial charge in [0.1, 0.15) is 0 Å². The molecule has 1 heterocycles. The monoisotopic (exact) mass is 233 g/mol. The van der Waals surface area contributed by atoms with Crippen LogP contribution in [0.1, 0.15) is 35.3 Å². The summed E-state index contributed by atoms with van der Waals surface area (Å²) in [5.41, 5.74) is 3.27. The summed E-state index contributed by atoms with van der Waals surface area (Å²) < 4.78 is 4.74. The zero-order valence-electron chi connectivity index (χ0n) is 10.7. The molecule has 2 rings (SSSR count). The molecule has 1 aliphatic rings. The first-order valence-corrected chi connectivity index (χ1v) is 6.06. The molecule has 1 aliphatic heterocycles. The zero-order valence-corrected chi connectivity index (χ0v) is 10.7. The maximum Gasteiger partial charge on any atom is 0.337 e. The van der Waals surface area contributed by atoms with Crippen molar-refractivity contribution in [1.29, 1.82) is 0 Å². The van der Waals surface area contributed by atoms with E-state index >= 15 is 0 Å². The molecule has 1 aromatic carbocycles. The predicted molar refractivity (Wildman–Crippen MR) is 67.0 cm³/mol. The Kier molecular flexibility index (Phi) is 3.48. The lowest BCUT2D eigenvalue weighted by Gasteiger charge is -2.32. The van der Waals surface area contributed by atoms with Crippen LogP contribution in [0.3, 0.4) is 0 Å². The molecule has 17 heavy (non-hydrogen) atoms. The molecule has 0 aliphatic carbocycles. The third-order valence-electron chi connectivity index (χ3n) is 3.40. The highest BCUT2D eigenvalue weighted by Crippen LogP contribution is 2.22. The van der Waals surface area contributed by atoms with Crippen LogP contribution < -0.4 is 0 Å².